The van der Waals surface area contributed by atoms with E-state index in [-0.39, 0.29) is 5.91 Å². The summed E-state index contributed by atoms with van der Waals surface area (Å²) in [6.45, 7) is 5.71. The summed E-state index contributed by atoms with van der Waals surface area (Å²) in [6.07, 6.45) is 7.25. The van der Waals surface area contributed by atoms with Gasteiger partial charge in [-0.05, 0) is 44.7 Å². The lowest BCUT2D eigenvalue weighted by molar-refractivity contribution is -0.132. The van der Waals surface area contributed by atoms with E-state index < -0.39 is 0 Å². The van der Waals surface area contributed by atoms with Gasteiger partial charge in [-0.2, -0.15) is 10.2 Å². The Morgan fingerprint density at radius 3 is 2.87 bits per heavy atom. The fourth-order valence-corrected chi connectivity index (χ4v) is 3.46. The minimum Gasteiger partial charge on any atom is -0.341 e. The number of piperidine rings is 1. The van der Waals surface area contributed by atoms with Crippen molar-refractivity contribution < 1.29 is 4.79 Å². The number of hydrogen-bond donors (Lipinski definition) is 0. The molecule has 0 bridgehead atoms. The van der Waals surface area contributed by atoms with E-state index in [1.165, 1.54) is 5.56 Å². The quantitative estimate of drug-likeness (QED) is 0.867. The number of aryl methyl sites for hydroxylation is 2. The summed E-state index contributed by atoms with van der Waals surface area (Å²) in [5.41, 5.74) is 3.40. The van der Waals surface area contributed by atoms with Crippen LogP contribution in [0.4, 0.5) is 0 Å². The van der Waals surface area contributed by atoms with Crippen molar-refractivity contribution in [2.45, 2.75) is 45.6 Å². The van der Waals surface area contributed by atoms with Gasteiger partial charge in [0.15, 0.2) is 0 Å². The third-order valence-electron chi connectivity index (χ3n) is 4.90. The average molecular weight is 315 g/mol. The first kappa shape index (κ1) is 15.8. The lowest BCUT2D eigenvalue weighted by Crippen LogP contribution is -2.40. The molecule has 0 radical (unpaired) electrons. The normalized spacial score (nSPS) is 18.4. The molecule has 1 atom stereocenters. The maximum atomic E-state index is 12.6. The van der Waals surface area contributed by atoms with Gasteiger partial charge in [0, 0.05) is 44.6 Å². The molecule has 0 saturated carbocycles. The van der Waals surface area contributed by atoms with Crippen molar-refractivity contribution in [3.63, 3.8) is 0 Å². The van der Waals surface area contributed by atoms with Gasteiger partial charge < -0.3 is 4.90 Å². The van der Waals surface area contributed by atoms with Crippen molar-refractivity contribution in [1.82, 2.24) is 24.5 Å². The minimum atomic E-state index is 0.240. The van der Waals surface area contributed by atoms with Gasteiger partial charge in [0.1, 0.15) is 0 Å². The van der Waals surface area contributed by atoms with Gasteiger partial charge in [0.25, 0.3) is 0 Å². The van der Waals surface area contributed by atoms with Crippen LogP contribution >= 0.6 is 0 Å². The largest absolute Gasteiger partial charge is 0.341 e. The zero-order chi connectivity index (χ0) is 16.4. The number of carbonyl (C=O) groups is 1. The first-order chi connectivity index (χ1) is 11.1. The van der Waals surface area contributed by atoms with E-state index in [9.17, 15) is 4.79 Å². The molecular weight excluding hydrogens is 290 g/mol. The maximum absolute atomic E-state index is 12.6. The van der Waals surface area contributed by atoms with Crippen LogP contribution in [0, 0.1) is 13.8 Å². The highest BCUT2D eigenvalue weighted by Crippen LogP contribution is 2.22. The third kappa shape index (κ3) is 3.30. The van der Waals surface area contributed by atoms with Crippen LogP contribution in [0.5, 0.6) is 0 Å². The molecule has 23 heavy (non-hydrogen) atoms. The zero-order valence-corrected chi connectivity index (χ0v) is 14.2. The molecule has 6 nitrogen and oxygen atoms in total. The van der Waals surface area contributed by atoms with Crippen LogP contribution in [0.25, 0.3) is 0 Å². The standard InChI is InChI=1S/C17H25N5O/c1-13-16(14(2)20(3)19-13)7-8-17(23)21-10-4-6-15(12-21)22-11-5-9-18-22/h5,9,11,15H,4,6-8,10,12H2,1-3H3/t15-/m0/s1. The molecule has 6 heteroatoms. The van der Waals surface area contributed by atoms with Gasteiger partial charge in [-0.3, -0.25) is 14.2 Å². The Kier molecular flexibility index (Phi) is 4.50. The first-order valence-electron chi connectivity index (χ1n) is 8.32. The molecule has 124 valence electrons. The molecule has 1 saturated heterocycles. The molecule has 3 rings (SSSR count). The molecule has 3 heterocycles. The predicted octanol–water partition coefficient (Wildman–Crippen LogP) is 2.03. The fourth-order valence-electron chi connectivity index (χ4n) is 3.46. The summed E-state index contributed by atoms with van der Waals surface area (Å²) in [5.74, 6) is 0.240. The first-order valence-corrected chi connectivity index (χ1v) is 8.32. The number of nitrogens with zero attached hydrogens (tertiary/aromatic N) is 5. The van der Waals surface area contributed by atoms with E-state index >= 15 is 0 Å². The fraction of sp³-hybridized carbons (Fsp3) is 0.588. The van der Waals surface area contributed by atoms with Gasteiger partial charge >= 0.3 is 0 Å². The summed E-state index contributed by atoms with van der Waals surface area (Å²) in [4.78, 5) is 14.6. The average Bonchev–Trinajstić information content (AvgIpc) is 3.16. The Morgan fingerprint density at radius 1 is 1.39 bits per heavy atom. The molecule has 1 amide bonds. The third-order valence-corrected chi connectivity index (χ3v) is 4.90. The Balaban J connectivity index is 1.59. The number of aromatic nitrogens is 4. The highest BCUT2D eigenvalue weighted by molar-refractivity contribution is 5.76. The molecule has 0 aromatic carbocycles. The molecule has 0 spiro atoms. The second-order valence-corrected chi connectivity index (χ2v) is 6.39. The van der Waals surface area contributed by atoms with Gasteiger partial charge in [0.2, 0.25) is 5.91 Å². The summed E-state index contributed by atoms with van der Waals surface area (Å²) in [7, 11) is 1.95. The van der Waals surface area contributed by atoms with Crippen LogP contribution in [0.15, 0.2) is 18.5 Å². The van der Waals surface area contributed by atoms with Crippen LogP contribution in [0.3, 0.4) is 0 Å². The number of hydrogen-bond acceptors (Lipinski definition) is 3. The van der Waals surface area contributed by atoms with Crippen LogP contribution in [0.2, 0.25) is 0 Å². The summed E-state index contributed by atoms with van der Waals surface area (Å²) in [6, 6.07) is 2.25. The minimum absolute atomic E-state index is 0.240. The SMILES string of the molecule is Cc1nn(C)c(C)c1CCC(=O)N1CCC[C@H](n2cccn2)C1. The summed E-state index contributed by atoms with van der Waals surface area (Å²) in [5, 5.41) is 8.75. The lowest BCUT2D eigenvalue weighted by Gasteiger charge is -2.33. The monoisotopic (exact) mass is 315 g/mol. The van der Waals surface area contributed by atoms with E-state index in [0.29, 0.717) is 12.5 Å². The molecule has 0 unspecified atom stereocenters. The number of carbonyl (C=O) groups excluding carboxylic acids is 1. The number of likely N-dealkylation sites (tertiary alicyclic amines) is 1. The Hall–Kier alpha value is -2.11. The van der Waals surface area contributed by atoms with Gasteiger partial charge in [-0.15, -0.1) is 0 Å². The van der Waals surface area contributed by atoms with Crippen LogP contribution in [-0.4, -0.2) is 43.5 Å². The van der Waals surface area contributed by atoms with Crippen molar-refractivity contribution in [1.29, 1.82) is 0 Å². The van der Waals surface area contributed by atoms with Crippen LogP contribution in [0.1, 0.15) is 42.3 Å². The molecule has 0 N–H and O–H groups in total. The van der Waals surface area contributed by atoms with Gasteiger partial charge in [-0.1, -0.05) is 0 Å². The van der Waals surface area contributed by atoms with E-state index in [2.05, 4.69) is 17.1 Å². The lowest BCUT2D eigenvalue weighted by atomic mass is 10.0. The molecule has 1 fully saturated rings. The van der Waals surface area contributed by atoms with Crippen molar-refractivity contribution in [3.8, 4) is 0 Å². The Bertz CT molecular complexity index is 673. The van der Waals surface area contributed by atoms with E-state index in [0.717, 1.165) is 43.7 Å². The molecule has 1 aliphatic heterocycles. The number of rotatable bonds is 4. The molecule has 1 aliphatic rings. The molecule has 2 aromatic heterocycles. The molecular formula is C17H25N5O. The van der Waals surface area contributed by atoms with Crippen molar-refractivity contribution in [2.24, 2.45) is 7.05 Å². The van der Waals surface area contributed by atoms with E-state index in [4.69, 9.17) is 0 Å². The van der Waals surface area contributed by atoms with E-state index in [1.54, 1.807) is 6.20 Å². The molecule has 0 aliphatic carbocycles. The molecule has 2 aromatic rings. The van der Waals surface area contributed by atoms with Crippen LogP contribution < -0.4 is 0 Å². The summed E-state index contributed by atoms with van der Waals surface area (Å²) >= 11 is 0. The van der Waals surface area contributed by atoms with E-state index in [1.807, 2.05) is 40.5 Å². The van der Waals surface area contributed by atoms with Crippen molar-refractivity contribution in [2.75, 3.05) is 13.1 Å². The van der Waals surface area contributed by atoms with Gasteiger partial charge in [-0.25, -0.2) is 0 Å². The van der Waals surface area contributed by atoms with Crippen LogP contribution in [-0.2, 0) is 18.3 Å². The zero-order valence-electron chi connectivity index (χ0n) is 14.2. The summed E-state index contributed by atoms with van der Waals surface area (Å²) < 4.78 is 3.87. The van der Waals surface area contributed by atoms with Crippen molar-refractivity contribution in [3.05, 3.63) is 35.4 Å². The Labute approximate surface area is 137 Å². The maximum Gasteiger partial charge on any atom is 0.222 e. The Morgan fingerprint density at radius 2 is 2.22 bits per heavy atom. The second-order valence-electron chi connectivity index (χ2n) is 6.39. The highest BCUT2D eigenvalue weighted by Gasteiger charge is 2.25. The second kappa shape index (κ2) is 6.56. The topological polar surface area (TPSA) is 56.0 Å². The predicted molar refractivity (Wildman–Crippen MR) is 88.1 cm³/mol. The highest BCUT2D eigenvalue weighted by atomic mass is 16.2. The smallest absolute Gasteiger partial charge is 0.222 e. The number of amides is 1. The van der Waals surface area contributed by atoms with Gasteiger partial charge in [0.05, 0.1) is 11.7 Å². The van der Waals surface area contributed by atoms with Crippen molar-refractivity contribution >= 4 is 5.91 Å².